The number of carbonyl (C=O) groups is 3. The standard InChI is InChI=1S/C22H23ClFN5O4/c1-29(2)10-9-26-20(31)18-22(21(25)32,33-12-27-18)13-3-6-15(7-4-13)28-19(30)16-8-5-14(24)11-17(16)23/h3-8,11H,9-10,12H2,1-2H3,(H2,25,32)(H,26,31)(H,28,30). The maximum Gasteiger partial charge on any atom is 0.269 e. The number of carbonyl (C=O) groups excluding carboxylic acids is 3. The molecule has 1 atom stereocenters. The fourth-order valence-corrected chi connectivity index (χ4v) is 3.55. The van der Waals surface area contributed by atoms with Crippen molar-refractivity contribution in [3.05, 3.63) is 64.4 Å². The number of anilines is 1. The molecule has 0 radical (unpaired) electrons. The van der Waals surface area contributed by atoms with Gasteiger partial charge in [0.2, 0.25) is 5.60 Å². The summed E-state index contributed by atoms with van der Waals surface area (Å²) in [5.74, 6) is -2.55. The molecule has 0 saturated heterocycles. The van der Waals surface area contributed by atoms with Gasteiger partial charge in [-0.1, -0.05) is 23.7 Å². The third-order valence-corrected chi connectivity index (χ3v) is 5.28. The van der Waals surface area contributed by atoms with E-state index >= 15 is 0 Å². The maximum absolute atomic E-state index is 13.2. The second kappa shape index (κ2) is 10.1. The van der Waals surface area contributed by atoms with E-state index in [1.54, 1.807) is 0 Å². The van der Waals surface area contributed by atoms with E-state index in [9.17, 15) is 18.8 Å². The molecule has 3 rings (SSSR count). The number of likely N-dealkylation sites (N-methyl/N-ethyl adjacent to an activating group) is 1. The molecule has 1 heterocycles. The Balaban J connectivity index is 1.80. The van der Waals surface area contributed by atoms with Crippen molar-refractivity contribution in [2.24, 2.45) is 10.7 Å². The normalized spacial score (nSPS) is 17.5. The van der Waals surface area contributed by atoms with Crippen molar-refractivity contribution < 1.29 is 23.5 Å². The highest BCUT2D eigenvalue weighted by Gasteiger charge is 2.51. The van der Waals surface area contributed by atoms with Crippen LogP contribution in [0.25, 0.3) is 0 Å². The summed E-state index contributed by atoms with van der Waals surface area (Å²) >= 11 is 5.93. The second-order valence-electron chi connectivity index (χ2n) is 7.54. The minimum absolute atomic E-state index is 0.0303. The van der Waals surface area contributed by atoms with Crippen LogP contribution in [-0.2, 0) is 19.9 Å². The Morgan fingerprint density at radius 2 is 1.88 bits per heavy atom. The van der Waals surface area contributed by atoms with Gasteiger partial charge in [-0.2, -0.15) is 0 Å². The van der Waals surface area contributed by atoms with E-state index < -0.39 is 29.1 Å². The number of nitrogens with zero attached hydrogens (tertiary/aromatic N) is 2. The highest BCUT2D eigenvalue weighted by atomic mass is 35.5. The smallest absolute Gasteiger partial charge is 0.269 e. The summed E-state index contributed by atoms with van der Waals surface area (Å²) in [5, 5.41) is 5.31. The van der Waals surface area contributed by atoms with Gasteiger partial charge in [0.1, 0.15) is 18.3 Å². The summed E-state index contributed by atoms with van der Waals surface area (Å²) in [5.41, 5.74) is 4.40. The quantitative estimate of drug-likeness (QED) is 0.533. The molecule has 9 nitrogen and oxygen atoms in total. The highest BCUT2D eigenvalue weighted by Crippen LogP contribution is 2.33. The molecule has 1 aliphatic rings. The van der Waals surface area contributed by atoms with E-state index in [2.05, 4.69) is 15.6 Å². The molecule has 2 aromatic rings. The molecule has 2 aromatic carbocycles. The number of hydrogen-bond donors (Lipinski definition) is 3. The number of rotatable bonds is 8. The molecule has 0 aromatic heterocycles. The number of ether oxygens (including phenoxy) is 1. The van der Waals surface area contributed by atoms with Crippen molar-refractivity contribution in [1.82, 2.24) is 10.2 Å². The Kier molecular flexibility index (Phi) is 7.42. The van der Waals surface area contributed by atoms with Crippen LogP contribution >= 0.6 is 11.6 Å². The number of primary amides is 1. The number of aliphatic imine (C=N–C) groups is 1. The monoisotopic (exact) mass is 475 g/mol. The fourth-order valence-electron chi connectivity index (χ4n) is 3.29. The van der Waals surface area contributed by atoms with E-state index in [4.69, 9.17) is 22.1 Å². The summed E-state index contributed by atoms with van der Waals surface area (Å²) in [7, 11) is 3.72. The van der Waals surface area contributed by atoms with Gasteiger partial charge in [0.15, 0.2) is 0 Å². The van der Waals surface area contributed by atoms with E-state index in [-0.39, 0.29) is 28.6 Å². The van der Waals surface area contributed by atoms with Crippen molar-refractivity contribution in [3.8, 4) is 0 Å². The summed E-state index contributed by atoms with van der Waals surface area (Å²) < 4.78 is 18.8. The summed E-state index contributed by atoms with van der Waals surface area (Å²) in [6.07, 6.45) is 0. The first-order chi connectivity index (χ1) is 15.6. The average Bonchev–Trinajstić information content (AvgIpc) is 3.20. The number of benzene rings is 2. The maximum atomic E-state index is 13.2. The molecule has 174 valence electrons. The number of amides is 3. The Bertz CT molecular complexity index is 1110. The summed E-state index contributed by atoms with van der Waals surface area (Å²) in [6, 6.07) is 9.46. The van der Waals surface area contributed by atoms with Gasteiger partial charge in [-0.25, -0.2) is 4.39 Å². The van der Waals surface area contributed by atoms with Gasteiger partial charge in [0.25, 0.3) is 17.7 Å². The largest absolute Gasteiger partial charge is 0.366 e. The molecule has 0 fully saturated rings. The minimum Gasteiger partial charge on any atom is -0.366 e. The van der Waals surface area contributed by atoms with Crippen LogP contribution in [0.4, 0.5) is 10.1 Å². The van der Waals surface area contributed by atoms with Crippen LogP contribution < -0.4 is 16.4 Å². The third-order valence-electron chi connectivity index (χ3n) is 4.97. The molecule has 1 aliphatic heterocycles. The van der Waals surface area contributed by atoms with Crippen molar-refractivity contribution in [2.45, 2.75) is 5.60 Å². The van der Waals surface area contributed by atoms with Crippen LogP contribution in [0.5, 0.6) is 0 Å². The van der Waals surface area contributed by atoms with Crippen LogP contribution in [-0.4, -0.2) is 62.2 Å². The molecule has 0 saturated carbocycles. The van der Waals surface area contributed by atoms with Gasteiger partial charge >= 0.3 is 0 Å². The van der Waals surface area contributed by atoms with Gasteiger partial charge in [0.05, 0.1) is 10.6 Å². The zero-order valence-corrected chi connectivity index (χ0v) is 18.8. The number of hydrogen-bond acceptors (Lipinski definition) is 6. The Morgan fingerprint density at radius 1 is 1.18 bits per heavy atom. The second-order valence-corrected chi connectivity index (χ2v) is 7.95. The summed E-state index contributed by atoms with van der Waals surface area (Å²) in [6.45, 7) is 0.730. The lowest BCUT2D eigenvalue weighted by Crippen LogP contribution is -2.53. The van der Waals surface area contributed by atoms with Crippen LogP contribution in [0.3, 0.4) is 0 Å². The molecule has 11 heteroatoms. The van der Waals surface area contributed by atoms with Gasteiger partial charge in [-0.05, 0) is 50.0 Å². The summed E-state index contributed by atoms with van der Waals surface area (Å²) in [4.78, 5) is 43.6. The van der Waals surface area contributed by atoms with Crippen LogP contribution in [0, 0.1) is 5.82 Å². The SMILES string of the molecule is CN(C)CCNC(=O)C1=NCOC1(C(N)=O)c1ccc(NC(=O)c2ccc(F)cc2Cl)cc1. The first-order valence-corrected chi connectivity index (χ1v) is 10.3. The number of nitrogens with one attached hydrogen (secondary N) is 2. The van der Waals surface area contributed by atoms with Crippen molar-refractivity contribution in [2.75, 3.05) is 39.2 Å². The Labute approximate surface area is 194 Å². The Hall–Kier alpha value is -3.34. The first-order valence-electron chi connectivity index (χ1n) is 9.94. The number of halogens is 2. The molecule has 33 heavy (non-hydrogen) atoms. The predicted octanol–water partition coefficient (Wildman–Crippen LogP) is 1.52. The molecule has 3 amide bonds. The van der Waals surface area contributed by atoms with E-state index in [1.807, 2.05) is 19.0 Å². The molecular weight excluding hydrogens is 453 g/mol. The topological polar surface area (TPSA) is 126 Å². The number of nitrogens with two attached hydrogens (primary N) is 1. The molecule has 0 aliphatic carbocycles. The van der Waals surface area contributed by atoms with Crippen molar-refractivity contribution in [3.63, 3.8) is 0 Å². The molecular formula is C22H23ClFN5O4. The third kappa shape index (κ3) is 5.19. The van der Waals surface area contributed by atoms with E-state index in [1.165, 1.54) is 30.3 Å². The van der Waals surface area contributed by atoms with Gasteiger partial charge in [-0.3, -0.25) is 19.4 Å². The lowest BCUT2D eigenvalue weighted by atomic mass is 9.87. The molecule has 0 spiro atoms. The lowest BCUT2D eigenvalue weighted by Gasteiger charge is -2.26. The Morgan fingerprint density at radius 3 is 2.48 bits per heavy atom. The fraction of sp³-hybridized carbons (Fsp3) is 0.273. The molecule has 0 bridgehead atoms. The van der Waals surface area contributed by atoms with Gasteiger partial charge < -0.3 is 26.0 Å². The van der Waals surface area contributed by atoms with Crippen LogP contribution in [0.15, 0.2) is 47.5 Å². The van der Waals surface area contributed by atoms with Gasteiger partial charge in [0, 0.05) is 18.8 Å². The van der Waals surface area contributed by atoms with Gasteiger partial charge in [-0.15, -0.1) is 0 Å². The van der Waals surface area contributed by atoms with E-state index in [0.29, 0.717) is 18.8 Å². The highest BCUT2D eigenvalue weighted by molar-refractivity contribution is 6.46. The van der Waals surface area contributed by atoms with E-state index in [0.717, 1.165) is 12.1 Å². The predicted molar refractivity (Wildman–Crippen MR) is 122 cm³/mol. The lowest BCUT2D eigenvalue weighted by molar-refractivity contribution is -0.135. The minimum atomic E-state index is -1.86. The molecule has 1 unspecified atom stereocenters. The zero-order chi connectivity index (χ0) is 24.2. The van der Waals surface area contributed by atoms with Crippen LogP contribution in [0.2, 0.25) is 5.02 Å². The zero-order valence-electron chi connectivity index (χ0n) is 18.0. The van der Waals surface area contributed by atoms with Crippen molar-refractivity contribution >= 4 is 40.7 Å². The first kappa shape index (κ1) is 24.3. The molecule has 4 N–H and O–H groups in total. The average molecular weight is 476 g/mol. The van der Waals surface area contributed by atoms with Crippen molar-refractivity contribution in [1.29, 1.82) is 0 Å². The van der Waals surface area contributed by atoms with Crippen LogP contribution in [0.1, 0.15) is 15.9 Å².